The van der Waals surface area contributed by atoms with Crippen molar-refractivity contribution in [1.82, 2.24) is 15.4 Å². The molecule has 3 rings (SSSR count). The number of rotatable bonds is 8. The second kappa shape index (κ2) is 10.2. The van der Waals surface area contributed by atoms with E-state index in [0.29, 0.717) is 24.5 Å². The fraction of sp³-hybridized carbons (Fsp3) is 0.304. The van der Waals surface area contributed by atoms with Crippen LogP contribution < -0.4 is 20.3 Å². The third-order valence-corrected chi connectivity index (χ3v) is 5.69. The maximum absolute atomic E-state index is 12.6. The Bertz CT molecular complexity index is 1030. The Morgan fingerprint density at radius 2 is 1.81 bits per heavy atom. The van der Waals surface area contributed by atoms with Crippen molar-refractivity contribution in [2.75, 3.05) is 6.61 Å². The van der Waals surface area contributed by atoms with Crippen molar-refractivity contribution in [3.63, 3.8) is 0 Å². The van der Waals surface area contributed by atoms with Crippen LogP contribution in [0.4, 0.5) is 0 Å². The second-order valence-corrected chi connectivity index (χ2v) is 8.09. The largest absolute Gasteiger partial charge is 0.494 e. The van der Waals surface area contributed by atoms with Gasteiger partial charge in [-0.2, -0.15) is 0 Å². The fourth-order valence-electron chi connectivity index (χ4n) is 3.16. The normalized spacial score (nSPS) is 11.6. The maximum atomic E-state index is 12.6. The van der Waals surface area contributed by atoms with E-state index in [9.17, 15) is 9.59 Å². The number of nitrogens with one attached hydrogen (secondary N) is 2. The van der Waals surface area contributed by atoms with Crippen LogP contribution in [-0.2, 0) is 11.3 Å². The Morgan fingerprint density at radius 1 is 1.10 bits per heavy atom. The van der Waals surface area contributed by atoms with E-state index in [2.05, 4.69) is 21.5 Å². The number of hydrogen-bond donors (Lipinski definition) is 2. The number of nitrogens with zero attached hydrogens (tertiary/aromatic N) is 1. The van der Waals surface area contributed by atoms with E-state index in [1.54, 1.807) is 42.5 Å². The molecule has 164 valence electrons. The summed E-state index contributed by atoms with van der Waals surface area (Å²) in [6, 6.07) is 12.9. The van der Waals surface area contributed by atoms with Gasteiger partial charge in [-0.05, 0) is 69.5 Å². The first-order valence-corrected chi connectivity index (χ1v) is 11.0. The van der Waals surface area contributed by atoms with Gasteiger partial charge in [0.2, 0.25) is 0 Å². The summed E-state index contributed by atoms with van der Waals surface area (Å²) in [5.74, 6) is 0.451. The number of amides is 2. The van der Waals surface area contributed by atoms with Crippen molar-refractivity contribution in [1.29, 1.82) is 0 Å². The highest BCUT2D eigenvalue weighted by atomic mass is 32.1. The molecule has 0 aliphatic rings. The molecule has 2 amide bonds. The van der Waals surface area contributed by atoms with Gasteiger partial charge < -0.3 is 14.0 Å². The molecule has 2 N–H and O–H groups in total. The monoisotopic (exact) mass is 441 g/mol. The number of benzene rings is 1. The molecular formula is C23H27N3O4S. The van der Waals surface area contributed by atoms with Gasteiger partial charge in [-0.3, -0.25) is 20.4 Å². The summed E-state index contributed by atoms with van der Waals surface area (Å²) in [7, 11) is 0. The molecule has 0 aliphatic carbocycles. The number of hydrogen-bond acceptors (Lipinski definition) is 5. The van der Waals surface area contributed by atoms with Gasteiger partial charge in [0.1, 0.15) is 11.5 Å². The van der Waals surface area contributed by atoms with Crippen LogP contribution in [0.1, 0.15) is 40.5 Å². The summed E-state index contributed by atoms with van der Waals surface area (Å²) in [6.07, 6.45) is -0.787. The zero-order valence-electron chi connectivity index (χ0n) is 18.1. The summed E-state index contributed by atoms with van der Waals surface area (Å²) in [6.45, 7) is 8.67. The van der Waals surface area contributed by atoms with E-state index < -0.39 is 12.0 Å². The SMILES string of the molecule is CCOc1ccc(OC(C)C(=O)NNC(=O)c2cc(C)n(Cc3cccs3)c2C)cc1. The van der Waals surface area contributed by atoms with Crippen molar-refractivity contribution < 1.29 is 19.1 Å². The molecule has 0 spiro atoms. The average molecular weight is 442 g/mol. The molecule has 7 nitrogen and oxygen atoms in total. The Morgan fingerprint density at radius 3 is 2.45 bits per heavy atom. The number of thiophene rings is 1. The van der Waals surface area contributed by atoms with E-state index >= 15 is 0 Å². The lowest BCUT2D eigenvalue weighted by atomic mass is 10.2. The number of hydrazine groups is 1. The minimum Gasteiger partial charge on any atom is -0.494 e. The molecule has 2 heterocycles. The van der Waals surface area contributed by atoms with Crippen molar-refractivity contribution in [2.24, 2.45) is 0 Å². The van der Waals surface area contributed by atoms with Crippen molar-refractivity contribution >= 4 is 23.2 Å². The van der Waals surface area contributed by atoms with Crippen LogP contribution in [0.3, 0.4) is 0 Å². The molecular weight excluding hydrogens is 414 g/mol. The number of aromatic nitrogens is 1. The molecule has 0 bridgehead atoms. The van der Waals surface area contributed by atoms with Gasteiger partial charge in [0.05, 0.1) is 18.7 Å². The van der Waals surface area contributed by atoms with E-state index in [-0.39, 0.29) is 5.91 Å². The lowest BCUT2D eigenvalue weighted by Gasteiger charge is -2.15. The zero-order valence-corrected chi connectivity index (χ0v) is 18.9. The van der Waals surface area contributed by atoms with Crippen LogP contribution in [0, 0.1) is 13.8 Å². The first-order chi connectivity index (χ1) is 14.9. The van der Waals surface area contributed by atoms with Gasteiger partial charge >= 0.3 is 0 Å². The molecule has 8 heteroatoms. The maximum Gasteiger partial charge on any atom is 0.279 e. The zero-order chi connectivity index (χ0) is 22.4. The Kier molecular flexibility index (Phi) is 7.36. The third kappa shape index (κ3) is 5.67. The number of carbonyl (C=O) groups is 2. The fourth-order valence-corrected chi connectivity index (χ4v) is 3.85. The molecule has 1 aromatic carbocycles. The molecule has 0 aliphatic heterocycles. The average Bonchev–Trinajstić information content (AvgIpc) is 3.37. The van der Waals surface area contributed by atoms with Crippen LogP contribution in [-0.4, -0.2) is 29.1 Å². The van der Waals surface area contributed by atoms with E-state index in [1.807, 2.05) is 38.3 Å². The van der Waals surface area contributed by atoms with Gasteiger partial charge in [-0.1, -0.05) is 6.07 Å². The number of aryl methyl sites for hydroxylation is 1. The highest BCUT2D eigenvalue weighted by Crippen LogP contribution is 2.20. The highest BCUT2D eigenvalue weighted by Gasteiger charge is 2.19. The van der Waals surface area contributed by atoms with E-state index in [4.69, 9.17) is 9.47 Å². The predicted octanol–water partition coefficient (Wildman–Crippen LogP) is 3.84. The first kappa shape index (κ1) is 22.4. The molecule has 1 unspecified atom stereocenters. The molecule has 31 heavy (non-hydrogen) atoms. The summed E-state index contributed by atoms with van der Waals surface area (Å²) >= 11 is 1.67. The minimum atomic E-state index is -0.787. The number of ether oxygens (including phenoxy) is 2. The Labute approximate surface area is 186 Å². The molecule has 2 aromatic heterocycles. The van der Waals surface area contributed by atoms with Crippen LogP contribution >= 0.6 is 11.3 Å². The lowest BCUT2D eigenvalue weighted by molar-refractivity contribution is -0.128. The Balaban J connectivity index is 1.55. The quantitative estimate of drug-likeness (QED) is 0.521. The molecule has 0 saturated carbocycles. The van der Waals surface area contributed by atoms with Crippen molar-refractivity contribution in [2.45, 2.75) is 40.3 Å². The van der Waals surface area contributed by atoms with Gasteiger partial charge in [0.25, 0.3) is 11.8 Å². The predicted molar refractivity (Wildman–Crippen MR) is 121 cm³/mol. The van der Waals surface area contributed by atoms with Crippen LogP contribution in [0.5, 0.6) is 11.5 Å². The van der Waals surface area contributed by atoms with Crippen molar-refractivity contribution in [3.8, 4) is 11.5 Å². The molecule has 1 atom stereocenters. The standard InChI is InChI=1S/C23H27N3O4S/c1-5-29-18-8-10-19(11-9-18)30-17(4)22(27)24-25-23(28)21-13-15(2)26(16(21)3)14-20-7-6-12-31-20/h6-13,17H,5,14H2,1-4H3,(H,24,27)(H,25,28). The van der Waals surface area contributed by atoms with Crippen LogP contribution in [0.25, 0.3) is 0 Å². The highest BCUT2D eigenvalue weighted by molar-refractivity contribution is 7.09. The molecule has 0 fully saturated rings. The van der Waals surface area contributed by atoms with Crippen molar-refractivity contribution in [3.05, 3.63) is 69.7 Å². The van der Waals surface area contributed by atoms with E-state index in [0.717, 1.165) is 17.1 Å². The second-order valence-electron chi connectivity index (χ2n) is 7.06. The van der Waals surface area contributed by atoms with Gasteiger partial charge in [-0.15, -0.1) is 11.3 Å². The molecule has 0 radical (unpaired) electrons. The smallest absolute Gasteiger partial charge is 0.279 e. The van der Waals surface area contributed by atoms with E-state index in [1.165, 1.54) is 4.88 Å². The minimum absolute atomic E-state index is 0.368. The molecule has 3 aromatic rings. The number of carbonyl (C=O) groups excluding carboxylic acids is 2. The summed E-state index contributed by atoms with van der Waals surface area (Å²) in [5.41, 5.74) is 7.27. The van der Waals surface area contributed by atoms with Gasteiger partial charge in [0, 0.05) is 16.3 Å². The summed E-state index contributed by atoms with van der Waals surface area (Å²) in [4.78, 5) is 26.2. The Hall–Kier alpha value is -3.26. The third-order valence-electron chi connectivity index (χ3n) is 4.83. The lowest BCUT2D eigenvalue weighted by Crippen LogP contribution is -2.47. The van der Waals surface area contributed by atoms with Crippen LogP contribution in [0.2, 0.25) is 0 Å². The first-order valence-electron chi connectivity index (χ1n) is 10.1. The van der Waals surface area contributed by atoms with Crippen LogP contribution in [0.15, 0.2) is 47.8 Å². The molecule has 0 saturated heterocycles. The summed E-state index contributed by atoms with van der Waals surface area (Å²) < 4.78 is 13.1. The summed E-state index contributed by atoms with van der Waals surface area (Å²) in [5, 5.41) is 2.03. The van der Waals surface area contributed by atoms with Gasteiger partial charge in [-0.25, -0.2) is 0 Å². The van der Waals surface area contributed by atoms with Gasteiger partial charge in [0.15, 0.2) is 6.10 Å². The topological polar surface area (TPSA) is 81.6 Å².